The third kappa shape index (κ3) is 3.10. The first-order valence-corrected chi connectivity index (χ1v) is 5.46. The van der Waals surface area contributed by atoms with Crippen LogP contribution in [0.15, 0.2) is 15.2 Å². The Bertz CT molecular complexity index is 300. The standard InChI is InChI=1S/C8H10BrNO2S/c9-7-1-6(4-13-7)5(3-10)2-8(11)12/h1,4-5H,2-3,10H2,(H,11,12). The van der Waals surface area contributed by atoms with Crippen LogP contribution in [0.1, 0.15) is 17.9 Å². The van der Waals surface area contributed by atoms with Gasteiger partial charge >= 0.3 is 5.97 Å². The Hall–Kier alpha value is -0.390. The molecule has 72 valence electrons. The number of halogens is 1. The van der Waals surface area contributed by atoms with Crippen molar-refractivity contribution in [2.45, 2.75) is 12.3 Å². The number of rotatable bonds is 4. The van der Waals surface area contributed by atoms with Crippen molar-refractivity contribution in [3.8, 4) is 0 Å². The van der Waals surface area contributed by atoms with Crippen molar-refractivity contribution < 1.29 is 9.90 Å². The molecule has 0 bridgehead atoms. The molecule has 1 aromatic heterocycles. The van der Waals surface area contributed by atoms with Gasteiger partial charge in [0.25, 0.3) is 0 Å². The molecule has 3 N–H and O–H groups in total. The predicted octanol–water partition coefficient (Wildman–Crippen LogP) is 2.03. The minimum absolute atomic E-state index is 0.0694. The molecule has 0 aliphatic carbocycles. The lowest BCUT2D eigenvalue weighted by atomic mass is 9.99. The summed E-state index contributed by atoms with van der Waals surface area (Å²) in [5, 5.41) is 10.6. The van der Waals surface area contributed by atoms with Crippen LogP contribution in [0, 0.1) is 0 Å². The zero-order valence-electron chi connectivity index (χ0n) is 6.87. The average molecular weight is 264 g/mol. The zero-order chi connectivity index (χ0) is 9.84. The maximum atomic E-state index is 10.5. The van der Waals surface area contributed by atoms with Crippen LogP contribution in [-0.4, -0.2) is 17.6 Å². The van der Waals surface area contributed by atoms with Crippen LogP contribution in [0.3, 0.4) is 0 Å². The average Bonchev–Trinajstić information content (AvgIpc) is 2.47. The lowest BCUT2D eigenvalue weighted by Crippen LogP contribution is -2.15. The molecule has 1 unspecified atom stereocenters. The molecule has 5 heteroatoms. The summed E-state index contributed by atoms with van der Waals surface area (Å²) < 4.78 is 1.01. The van der Waals surface area contributed by atoms with Crippen molar-refractivity contribution in [2.24, 2.45) is 5.73 Å². The molecule has 1 atom stereocenters. The van der Waals surface area contributed by atoms with Crippen LogP contribution < -0.4 is 5.73 Å². The van der Waals surface area contributed by atoms with Crippen molar-refractivity contribution >= 4 is 33.2 Å². The van der Waals surface area contributed by atoms with Gasteiger partial charge < -0.3 is 10.8 Å². The van der Waals surface area contributed by atoms with Gasteiger partial charge in [-0.25, -0.2) is 0 Å². The number of nitrogens with two attached hydrogens (primary N) is 1. The summed E-state index contributed by atoms with van der Waals surface area (Å²) in [5.74, 6) is -0.877. The molecular formula is C8H10BrNO2S. The third-order valence-corrected chi connectivity index (χ3v) is 3.29. The van der Waals surface area contributed by atoms with E-state index in [1.54, 1.807) is 11.3 Å². The van der Waals surface area contributed by atoms with Gasteiger partial charge in [0.2, 0.25) is 0 Å². The van der Waals surface area contributed by atoms with Crippen LogP contribution in [0.4, 0.5) is 0 Å². The van der Waals surface area contributed by atoms with Crippen molar-refractivity contribution in [3.05, 3.63) is 20.8 Å². The molecule has 0 amide bonds. The van der Waals surface area contributed by atoms with Crippen molar-refractivity contribution in [3.63, 3.8) is 0 Å². The number of aliphatic carboxylic acids is 1. The molecule has 13 heavy (non-hydrogen) atoms. The molecule has 1 rings (SSSR count). The first-order chi connectivity index (χ1) is 6.13. The number of carboxylic acids is 1. The normalized spacial score (nSPS) is 12.8. The topological polar surface area (TPSA) is 63.3 Å². The van der Waals surface area contributed by atoms with E-state index in [9.17, 15) is 4.79 Å². The van der Waals surface area contributed by atoms with E-state index in [-0.39, 0.29) is 12.3 Å². The molecule has 0 radical (unpaired) electrons. The number of hydrogen-bond donors (Lipinski definition) is 2. The highest BCUT2D eigenvalue weighted by atomic mass is 79.9. The second-order valence-electron chi connectivity index (χ2n) is 2.71. The second-order valence-corrected chi connectivity index (χ2v) is 5.01. The molecule has 0 spiro atoms. The summed E-state index contributed by atoms with van der Waals surface area (Å²) in [5.41, 5.74) is 6.49. The summed E-state index contributed by atoms with van der Waals surface area (Å²) in [7, 11) is 0. The quantitative estimate of drug-likeness (QED) is 0.874. The molecule has 0 saturated heterocycles. The lowest BCUT2D eigenvalue weighted by Gasteiger charge is -2.09. The van der Waals surface area contributed by atoms with E-state index in [1.807, 2.05) is 11.4 Å². The molecule has 0 fully saturated rings. The summed E-state index contributed by atoms with van der Waals surface area (Å²) in [4.78, 5) is 10.5. The highest BCUT2D eigenvalue weighted by Crippen LogP contribution is 2.27. The van der Waals surface area contributed by atoms with Gasteiger partial charge in [-0.1, -0.05) is 0 Å². The largest absolute Gasteiger partial charge is 0.481 e. The second kappa shape index (κ2) is 4.74. The van der Waals surface area contributed by atoms with E-state index in [0.29, 0.717) is 6.54 Å². The van der Waals surface area contributed by atoms with Crippen molar-refractivity contribution in [1.29, 1.82) is 0 Å². The van der Waals surface area contributed by atoms with Crippen molar-refractivity contribution in [1.82, 2.24) is 0 Å². The molecular weight excluding hydrogens is 254 g/mol. The smallest absolute Gasteiger partial charge is 0.304 e. The van der Waals surface area contributed by atoms with E-state index in [4.69, 9.17) is 10.8 Å². The van der Waals surface area contributed by atoms with Gasteiger partial charge in [0.15, 0.2) is 0 Å². The van der Waals surface area contributed by atoms with Gasteiger partial charge in [-0.3, -0.25) is 4.79 Å². The zero-order valence-corrected chi connectivity index (χ0v) is 9.27. The van der Waals surface area contributed by atoms with Gasteiger partial charge in [-0.2, -0.15) is 0 Å². The van der Waals surface area contributed by atoms with Gasteiger partial charge in [-0.15, -0.1) is 11.3 Å². The summed E-state index contributed by atoms with van der Waals surface area (Å²) >= 11 is 4.87. The maximum absolute atomic E-state index is 10.5. The van der Waals surface area contributed by atoms with Gasteiger partial charge in [-0.05, 0) is 39.5 Å². The predicted molar refractivity (Wildman–Crippen MR) is 56.1 cm³/mol. The van der Waals surface area contributed by atoms with Crippen LogP contribution in [0.2, 0.25) is 0 Å². The fourth-order valence-electron chi connectivity index (χ4n) is 1.09. The highest BCUT2D eigenvalue weighted by Gasteiger charge is 2.14. The minimum atomic E-state index is -0.808. The van der Waals surface area contributed by atoms with E-state index in [0.717, 1.165) is 9.35 Å². The summed E-state index contributed by atoms with van der Waals surface area (Å²) in [6.07, 6.45) is 0.0969. The fourth-order valence-corrected chi connectivity index (χ4v) is 2.34. The summed E-state index contributed by atoms with van der Waals surface area (Å²) in [6.45, 7) is 0.371. The molecule has 1 aromatic rings. The Morgan fingerprint density at radius 2 is 2.46 bits per heavy atom. The molecule has 0 saturated carbocycles. The Morgan fingerprint density at radius 1 is 1.77 bits per heavy atom. The maximum Gasteiger partial charge on any atom is 0.304 e. The van der Waals surface area contributed by atoms with Crippen molar-refractivity contribution in [2.75, 3.05) is 6.54 Å². The highest BCUT2D eigenvalue weighted by molar-refractivity contribution is 9.11. The lowest BCUT2D eigenvalue weighted by molar-refractivity contribution is -0.137. The van der Waals surface area contributed by atoms with Crippen LogP contribution in [0.5, 0.6) is 0 Å². The first-order valence-electron chi connectivity index (χ1n) is 3.79. The Morgan fingerprint density at radius 3 is 2.85 bits per heavy atom. The molecule has 0 aliphatic rings. The van der Waals surface area contributed by atoms with E-state index < -0.39 is 5.97 Å². The van der Waals surface area contributed by atoms with Gasteiger partial charge in [0.05, 0.1) is 10.2 Å². The van der Waals surface area contributed by atoms with Crippen LogP contribution in [0.25, 0.3) is 0 Å². The monoisotopic (exact) mass is 263 g/mol. The van der Waals surface area contributed by atoms with E-state index >= 15 is 0 Å². The number of thiophene rings is 1. The Kier molecular flexibility index (Phi) is 3.90. The van der Waals surface area contributed by atoms with Gasteiger partial charge in [0, 0.05) is 5.92 Å². The van der Waals surface area contributed by atoms with E-state index in [2.05, 4.69) is 15.9 Å². The molecule has 3 nitrogen and oxygen atoms in total. The molecule has 0 aromatic carbocycles. The fraction of sp³-hybridized carbons (Fsp3) is 0.375. The van der Waals surface area contributed by atoms with Gasteiger partial charge in [0.1, 0.15) is 0 Å². The summed E-state index contributed by atoms with van der Waals surface area (Å²) in [6, 6.07) is 1.92. The molecule has 0 aliphatic heterocycles. The number of carbonyl (C=O) groups is 1. The van der Waals surface area contributed by atoms with E-state index in [1.165, 1.54) is 0 Å². The van der Waals surface area contributed by atoms with Crippen LogP contribution >= 0.6 is 27.3 Å². The Labute approximate surface area is 88.7 Å². The number of hydrogen-bond acceptors (Lipinski definition) is 3. The van der Waals surface area contributed by atoms with Crippen LogP contribution in [-0.2, 0) is 4.79 Å². The molecule has 1 heterocycles. The third-order valence-electron chi connectivity index (χ3n) is 1.76. The minimum Gasteiger partial charge on any atom is -0.481 e. The number of carboxylic acid groups (broad SMARTS) is 1. The first kappa shape index (κ1) is 10.7. The SMILES string of the molecule is NCC(CC(=O)O)c1csc(Br)c1. The Balaban J connectivity index is 2.72.